The highest BCUT2D eigenvalue weighted by atomic mass is 16.5. The normalized spacial score (nSPS) is 27.1. The number of nitrogens with one attached hydrogen (secondary N) is 1. The molecule has 2 N–H and O–H groups in total. The van der Waals surface area contributed by atoms with Crippen molar-refractivity contribution in [2.75, 3.05) is 7.11 Å². The van der Waals surface area contributed by atoms with Gasteiger partial charge in [0.05, 0.1) is 6.10 Å². The highest BCUT2D eigenvalue weighted by Crippen LogP contribution is 2.30. The molecule has 0 spiro atoms. The van der Waals surface area contributed by atoms with E-state index in [0.29, 0.717) is 19.4 Å². The molecule has 1 aromatic carbocycles. The molecule has 0 aromatic heterocycles. The zero-order valence-electron chi connectivity index (χ0n) is 11.3. The van der Waals surface area contributed by atoms with Gasteiger partial charge in [-0.1, -0.05) is 30.3 Å². The zero-order chi connectivity index (χ0) is 13.7. The molecule has 4 heteroatoms. The third-order valence-corrected chi connectivity index (χ3v) is 4.00. The first kappa shape index (κ1) is 14.0. The van der Waals surface area contributed by atoms with Gasteiger partial charge < -0.3 is 9.84 Å². The summed E-state index contributed by atoms with van der Waals surface area (Å²) in [5.74, 6) is -0.752. The topological polar surface area (TPSA) is 58.6 Å². The Bertz CT molecular complexity index is 411. The van der Waals surface area contributed by atoms with Crippen molar-refractivity contribution in [1.82, 2.24) is 5.32 Å². The van der Waals surface area contributed by atoms with E-state index < -0.39 is 11.5 Å². The number of hydrogen-bond acceptors (Lipinski definition) is 3. The van der Waals surface area contributed by atoms with Gasteiger partial charge in [-0.25, -0.2) is 0 Å². The van der Waals surface area contributed by atoms with Gasteiger partial charge in [-0.05, 0) is 31.2 Å². The molecule has 1 fully saturated rings. The third kappa shape index (κ3) is 3.33. The number of benzene rings is 1. The maximum atomic E-state index is 11.6. The second-order valence-corrected chi connectivity index (χ2v) is 5.16. The van der Waals surface area contributed by atoms with Gasteiger partial charge in [-0.3, -0.25) is 10.1 Å². The Balaban J connectivity index is 1.99. The van der Waals surface area contributed by atoms with Gasteiger partial charge in [0.15, 0.2) is 0 Å². The number of carboxylic acids is 1. The molecule has 1 aliphatic carbocycles. The van der Waals surface area contributed by atoms with Gasteiger partial charge >= 0.3 is 5.97 Å². The van der Waals surface area contributed by atoms with E-state index in [-0.39, 0.29) is 6.10 Å². The number of rotatable bonds is 5. The molecule has 19 heavy (non-hydrogen) atoms. The first-order valence-electron chi connectivity index (χ1n) is 6.71. The molecule has 1 aromatic rings. The second-order valence-electron chi connectivity index (χ2n) is 5.16. The number of ether oxygens (including phenoxy) is 1. The maximum Gasteiger partial charge on any atom is 0.323 e. The lowest BCUT2D eigenvalue weighted by molar-refractivity contribution is -0.147. The van der Waals surface area contributed by atoms with E-state index in [2.05, 4.69) is 5.32 Å². The number of hydrogen-bond donors (Lipinski definition) is 2. The van der Waals surface area contributed by atoms with E-state index in [1.54, 1.807) is 7.11 Å². The summed E-state index contributed by atoms with van der Waals surface area (Å²) in [5.41, 5.74) is 0.308. The summed E-state index contributed by atoms with van der Waals surface area (Å²) < 4.78 is 5.31. The van der Waals surface area contributed by atoms with Gasteiger partial charge in [0, 0.05) is 13.7 Å². The van der Waals surface area contributed by atoms with Crippen LogP contribution in [0.1, 0.15) is 31.2 Å². The van der Waals surface area contributed by atoms with Crippen LogP contribution in [0.5, 0.6) is 0 Å². The highest BCUT2D eigenvalue weighted by molar-refractivity contribution is 5.79. The predicted molar refractivity (Wildman–Crippen MR) is 72.9 cm³/mol. The fourth-order valence-corrected chi connectivity index (χ4v) is 2.65. The Morgan fingerprint density at radius 2 is 2.00 bits per heavy atom. The van der Waals surface area contributed by atoms with Crippen LogP contribution >= 0.6 is 0 Å². The van der Waals surface area contributed by atoms with Crippen LogP contribution in [-0.4, -0.2) is 29.8 Å². The Hall–Kier alpha value is -1.39. The van der Waals surface area contributed by atoms with Crippen LogP contribution in [-0.2, 0) is 16.1 Å². The molecule has 0 bridgehead atoms. The van der Waals surface area contributed by atoms with Crippen molar-refractivity contribution in [3.8, 4) is 0 Å². The van der Waals surface area contributed by atoms with Crippen molar-refractivity contribution < 1.29 is 14.6 Å². The van der Waals surface area contributed by atoms with E-state index in [1.807, 2.05) is 30.3 Å². The van der Waals surface area contributed by atoms with E-state index in [4.69, 9.17) is 4.74 Å². The third-order valence-electron chi connectivity index (χ3n) is 4.00. The Morgan fingerprint density at radius 3 is 2.53 bits per heavy atom. The first-order valence-corrected chi connectivity index (χ1v) is 6.71. The minimum atomic E-state index is -0.801. The lowest BCUT2D eigenvalue weighted by Gasteiger charge is -2.37. The Labute approximate surface area is 113 Å². The van der Waals surface area contributed by atoms with E-state index in [0.717, 1.165) is 18.4 Å². The van der Waals surface area contributed by atoms with E-state index in [1.165, 1.54) is 0 Å². The highest BCUT2D eigenvalue weighted by Gasteiger charge is 2.41. The second kappa shape index (κ2) is 6.17. The van der Waals surface area contributed by atoms with Crippen molar-refractivity contribution in [2.45, 2.75) is 43.9 Å². The monoisotopic (exact) mass is 263 g/mol. The van der Waals surface area contributed by atoms with Crippen LogP contribution in [0.4, 0.5) is 0 Å². The Kier molecular flexibility index (Phi) is 4.56. The summed E-state index contributed by atoms with van der Waals surface area (Å²) in [5, 5.41) is 12.8. The quantitative estimate of drug-likeness (QED) is 0.855. The minimum Gasteiger partial charge on any atom is -0.480 e. The van der Waals surface area contributed by atoms with Gasteiger partial charge in [-0.2, -0.15) is 0 Å². The van der Waals surface area contributed by atoms with Crippen LogP contribution in [0.2, 0.25) is 0 Å². The number of carboxylic acid groups (broad SMARTS) is 1. The van der Waals surface area contributed by atoms with E-state index in [9.17, 15) is 9.90 Å². The summed E-state index contributed by atoms with van der Waals surface area (Å²) >= 11 is 0. The smallest absolute Gasteiger partial charge is 0.323 e. The fourth-order valence-electron chi connectivity index (χ4n) is 2.65. The van der Waals surface area contributed by atoms with Crippen molar-refractivity contribution in [3.63, 3.8) is 0 Å². The lowest BCUT2D eigenvalue weighted by atomic mass is 9.80. The summed E-state index contributed by atoms with van der Waals surface area (Å²) in [6.45, 7) is 0.588. The molecule has 0 unspecified atom stereocenters. The van der Waals surface area contributed by atoms with E-state index >= 15 is 0 Å². The molecule has 0 atom stereocenters. The largest absolute Gasteiger partial charge is 0.480 e. The van der Waals surface area contributed by atoms with Crippen molar-refractivity contribution in [1.29, 1.82) is 0 Å². The first-order chi connectivity index (χ1) is 9.16. The number of methoxy groups -OCH3 is 1. The molecule has 4 nitrogen and oxygen atoms in total. The van der Waals surface area contributed by atoms with Crippen LogP contribution < -0.4 is 5.32 Å². The van der Waals surface area contributed by atoms with Crippen molar-refractivity contribution in [3.05, 3.63) is 35.9 Å². The average molecular weight is 263 g/mol. The molecule has 0 heterocycles. The van der Waals surface area contributed by atoms with Gasteiger partial charge in [0.25, 0.3) is 0 Å². The SMILES string of the molecule is COC1CCC(NCc2ccccc2)(C(=O)O)CC1. The summed E-state index contributed by atoms with van der Waals surface area (Å²) in [4.78, 5) is 11.6. The Morgan fingerprint density at radius 1 is 1.37 bits per heavy atom. The minimum absolute atomic E-state index is 0.200. The van der Waals surface area contributed by atoms with Crippen LogP contribution in [0.25, 0.3) is 0 Å². The van der Waals surface area contributed by atoms with Crippen LogP contribution in [0.15, 0.2) is 30.3 Å². The van der Waals surface area contributed by atoms with Crippen LogP contribution in [0.3, 0.4) is 0 Å². The number of carbonyl (C=O) groups is 1. The molecule has 0 saturated heterocycles. The molecule has 2 rings (SSSR count). The maximum absolute atomic E-state index is 11.6. The zero-order valence-corrected chi connectivity index (χ0v) is 11.3. The summed E-state index contributed by atoms with van der Waals surface area (Å²) in [6, 6.07) is 9.89. The molecule has 0 aliphatic heterocycles. The number of aliphatic carboxylic acids is 1. The molecule has 0 radical (unpaired) electrons. The molecular formula is C15H21NO3. The molecule has 1 aliphatic rings. The van der Waals surface area contributed by atoms with Gasteiger partial charge in [0.2, 0.25) is 0 Å². The summed E-state index contributed by atoms with van der Waals surface area (Å²) in [6.07, 6.45) is 3.03. The van der Waals surface area contributed by atoms with Crippen LogP contribution in [0, 0.1) is 0 Å². The van der Waals surface area contributed by atoms with Gasteiger partial charge in [-0.15, -0.1) is 0 Å². The molecule has 104 valence electrons. The van der Waals surface area contributed by atoms with Crippen molar-refractivity contribution in [2.24, 2.45) is 0 Å². The van der Waals surface area contributed by atoms with Crippen molar-refractivity contribution >= 4 is 5.97 Å². The molecule has 0 amide bonds. The molecular weight excluding hydrogens is 242 g/mol. The predicted octanol–water partition coefficient (Wildman–Crippen LogP) is 2.19. The standard InChI is InChI=1S/C15H21NO3/c1-19-13-7-9-15(10-8-13,14(17)18)16-11-12-5-3-2-4-6-12/h2-6,13,16H,7-11H2,1H3,(H,17,18). The fraction of sp³-hybridized carbons (Fsp3) is 0.533. The summed E-state index contributed by atoms with van der Waals surface area (Å²) in [7, 11) is 1.69. The lowest BCUT2D eigenvalue weighted by Crippen LogP contribution is -2.54. The molecule has 1 saturated carbocycles. The van der Waals surface area contributed by atoms with Gasteiger partial charge in [0.1, 0.15) is 5.54 Å². The average Bonchev–Trinajstić information content (AvgIpc) is 2.46.